The van der Waals surface area contributed by atoms with Gasteiger partial charge in [0.05, 0.1) is 6.10 Å². The predicted octanol–water partition coefficient (Wildman–Crippen LogP) is 3.17. The van der Waals surface area contributed by atoms with Crippen molar-refractivity contribution in [2.45, 2.75) is 44.8 Å². The highest BCUT2D eigenvalue weighted by Gasteiger charge is 2.20. The third-order valence-corrected chi connectivity index (χ3v) is 3.06. The average Bonchev–Trinajstić information content (AvgIpc) is 2.70. The maximum atomic E-state index is 13.6. The predicted molar refractivity (Wildman–Crippen MR) is 61.9 cm³/mol. The van der Waals surface area contributed by atoms with Gasteiger partial charge < -0.3 is 10.5 Å². The molecule has 1 aromatic rings. The van der Waals surface area contributed by atoms with Crippen molar-refractivity contribution in [1.29, 1.82) is 0 Å². The molecule has 0 spiro atoms. The molecule has 1 saturated carbocycles. The number of benzene rings is 1. The van der Waals surface area contributed by atoms with Crippen LogP contribution in [0.25, 0.3) is 0 Å². The Morgan fingerprint density at radius 3 is 2.69 bits per heavy atom. The monoisotopic (exact) mass is 223 g/mol. The Balaban J connectivity index is 2.21. The number of nitrogens with two attached hydrogens (primary N) is 1. The number of ether oxygens (including phenoxy) is 1. The van der Waals surface area contributed by atoms with E-state index < -0.39 is 0 Å². The molecule has 0 aliphatic heterocycles. The van der Waals surface area contributed by atoms with Crippen LogP contribution in [-0.4, -0.2) is 6.10 Å². The van der Waals surface area contributed by atoms with Crippen molar-refractivity contribution in [3.05, 3.63) is 29.6 Å². The van der Waals surface area contributed by atoms with Crippen LogP contribution in [0, 0.1) is 5.82 Å². The molecule has 1 aliphatic rings. The van der Waals surface area contributed by atoms with Crippen LogP contribution in [0.4, 0.5) is 4.39 Å². The minimum Gasteiger partial charge on any atom is -0.490 e. The fourth-order valence-electron chi connectivity index (χ4n) is 2.25. The lowest BCUT2D eigenvalue weighted by atomic mass is 10.1. The van der Waals surface area contributed by atoms with Crippen LogP contribution in [-0.2, 0) is 0 Å². The van der Waals surface area contributed by atoms with E-state index in [-0.39, 0.29) is 18.0 Å². The second-order valence-corrected chi connectivity index (χ2v) is 4.46. The highest BCUT2D eigenvalue weighted by molar-refractivity contribution is 5.37. The van der Waals surface area contributed by atoms with Gasteiger partial charge in [-0.1, -0.05) is 6.07 Å². The molecule has 0 amide bonds. The van der Waals surface area contributed by atoms with Gasteiger partial charge in [-0.05, 0) is 44.7 Å². The standard InChI is InChI=1S/C13H18FNO/c1-9(15)13-11(14)7-4-8-12(13)16-10-5-2-3-6-10/h4,7-10H,2-3,5-6,15H2,1H3. The van der Waals surface area contributed by atoms with E-state index in [1.54, 1.807) is 19.1 Å². The summed E-state index contributed by atoms with van der Waals surface area (Å²) in [6, 6.07) is 4.57. The number of hydrogen-bond acceptors (Lipinski definition) is 2. The third-order valence-electron chi connectivity index (χ3n) is 3.06. The first-order valence-electron chi connectivity index (χ1n) is 5.89. The van der Waals surface area contributed by atoms with E-state index >= 15 is 0 Å². The van der Waals surface area contributed by atoms with E-state index in [0.29, 0.717) is 11.3 Å². The number of rotatable bonds is 3. The molecule has 1 unspecified atom stereocenters. The summed E-state index contributed by atoms with van der Waals surface area (Å²) in [5.41, 5.74) is 6.26. The zero-order valence-electron chi connectivity index (χ0n) is 9.58. The zero-order valence-corrected chi connectivity index (χ0v) is 9.58. The van der Waals surface area contributed by atoms with E-state index in [1.807, 2.05) is 0 Å². The van der Waals surface area contributed by atoms with Crippen molar-refractivity contribution in [2.75, 3.05) is 0 Å². The lowest BCUT2D eigenvalue weighted by Crippen LogP contribution is -2.16. The number of halogens is 1. The first-order chi connectivity index (χ1) is 7.68. The Morgan fingerprint density at radius 2 is 2.06 bits per heavy atom. The van der Waals surface area contributed by atoms with Gasteiger partial charge in [-0.3, -0.25) is 0 Å². The Morgan fingerprint density at radius 1 is 1.38 bits per heavy atom. The average molecular weight is 223 g/mol. The van der Waals surface area contributed by atoms with Gasteiger partial charge in [0, 0.05) is 11.6 Å². The summed E-state index contributed by atoms with van der Waals surface area (Å²) in [5, 5.41) is 0. The summed E-state index contributed by atoms with van der Waals surface area (Å²) in [6.45, 7) is 1.78. The van der Waals surface area contributed by atoms with Crippen molar-refractivity contribution >= 4 is 0 Å². The summed E-state index contributed by atoms with van der Waals surface area (Å²) in [6.07, 6.45) is 4.77. The van der Waals surface area contributed by atoms with Gasteiger partial charge in [-0.15, -0.1) is 0 Å². The van der Waals surface area contributed by atoms with Crippen molar-refractivity contribution in [1.82, 2.24) is 0 Å². The summed E-state index contributed by atoms with van der Waals surface area (Å²) >= 11 is 0. The van der Waals surface area contributed by atoms with E-state index in [1.165, 1.54) is 18.9 Å². The van der Waals surface area contributed by atoms with E-state index in [4.69, 9.17) is 10.5 Å². The molecule has 0 aromatic heterocycles. The van der Waals surface area contributed by atoms with E-state index in [0.717, 1.165) is 12.8 Å². The molecule has 3 heteroatoms. The summed E-state index contributed by atoms with van der Waals surface area (Å²) in [7, 11) is 0. The second-order valence-electron chi connectivity index (χ2n) is 4.46. The topological polar surface area (TPSA) is 35.2 Å². The first-order valence-corrected chi connectivity index (χ1v) is 5.89. The first kappa shape index (κ1) is 11.4. The van der Waals surface area contributed by atoms with Crippen LogP contribution in [0.1, 0.15) is 44.2 Å². The molecule has 0 bridgehead atoms. The third kappa shape index (κ3) is 2.35. The van der Waals surface area contributed by atoms with Gasteiger partial charge in [-0.25, -0.2) is 4.39 Å². The van der Waals surface area contributed by atoms with Crippen molar-refractivity contribution in [2.24, 2.45) is 5.73 Å². The normalized spacial score (nSPS) is 18.7. The van der Waals surface area contributed by atoms with Crippen LogP contribution in [0.2, 0.25) is 0 Å². The Hall–Kier alpha value is -1.09. The SMILES string of the molecule is CC(N)c1c(F)cccc1OC1CCCC1. The largest absolute Gasteiger partial charge is 0.490 e. The van der Waals surface area contributed by atoms with Crippen LogP contribution < -0.4 is 10.5 Å². The highest BCUT2D eigenvalue weighted by Crippen LogP contribution is 2.30. The van der Waals surface area contributed by atoms with Gasteiger partial charge in [0.1, 0.15) is 11.6 Å². The molecule has 2 N–H and O–H groups in total. The van der Waals surface area contributed by atoms with Gasteiger partial charge in [0.25, 0.3) is 0 Å². The molecule has 0 saturated heterocycles. The maximum Gasteiger partial charge on any atom is 0.131 e. The van der Waals surface area contributed by atoms with E-state index in [9.17, 15) is 4.39 Å². The minimum atomic E-state index is -0.336. The van der Waals surface area contributed by atoms with Crippen molar-refractivity contribution < 1.29 is 9.13 Å². The van der Waals surface area contributed by atoms with E-state index in [2.05, 4.69) is 0 Å². The molecule has 1 aromatic carbocycles. The smallest absolute Gasteiger partial charge is 0.131 e. The lowest BCUT2D eigenvalue weighted by Gasteiger charge is -2.18. The molecule has 1 atom stereocenters. The fourth-order valence-corrected chi connectivity index (χ4v) is 2.25. The molecular weight excluding hydrogens is 205 g/mol. The molecule has 1 aliphatic carbocycles. The maximum absolute atomic E-state index is 13.6. The molecule has 16 heavy (non-hydrogen) atoms. The van der Waals surface area contributed by atoms with Crippen LogP contribution in [0.15, 0.2) is 18.2 Å². The Labute approximate surface area is 95.6 Å². The summed E-state index contributed by atoms with van der Waals surface area (Å²) in [4.78, 5) is 0. The quantitative estimate of drug-likeness (QED) is 0.854. The molecule has 0 radical (unpaired) electrons. The fraction of sp³-hybridized carbons (Fsp3) is 0.538. The molecule has 2 nitrogen and oxygen atoms in total. The molecule has 1 fully saturated rings. The number of hydrogen-bond donors (Lipinski definition) is 1. The zero-order chi connectivity index (χ0) is 11.5. The Kier molecular flexibility index (Phi) is 3.44. The lowest BCUT2D eigenvalue weighted by molar-refractivity contribution is 0.206. The van der Waals surface area contributed by atoms with Gasteiger partial charge in [-0.2, -0.15) is 0 Å². The van der Waals surface area contributed by atoms with Crippen LogP contribution in [0.5, 0.6) is 5.75 Å². The van der Waals surface area contributed by atoms with Crippen molar-refractivity contribution in [3.63, 3.8) is 0 Å². The summed E-state index contributed by atoms with van der Waals surface area (Å²) in [5.74, 6) is 0.340. The van der Waals surface area contributed by atoms with Crippen LogP contribution >= 0.6 is 0 Å². The van der Waals surface area contributed by atoms with Gasteiger partial charge in [0.2, 0.25) is 0 Å². The Bertz CT molecular complexity index is 359. The second kappa shape index (κ2) is 4.83. The molecular formula is C13H18FNO. The molecule has 88 valence electrons. The highest BCUT2D eigenvalue weighted by atomic mass is 19.1. The van der Waals surface area contributed by atoms with Gasteiger partial charge in [0.15, 0.2) is 0 Å². The van der Waals surface area contributed by atoms with Gasteiger partial charge >= 0.3 is 0 Å². The molecule has 2 rings (SSSR count). The van der Waals surface area contributed by atoms with Crippen molar-refractivity contribution in [3.8, 4) is 5.75 Å². The summed E-state index contributed by atoms with van der Waals surface area (Å²) < 4.78 is 19.4. The molecule has 0 heterocycles. The van der Waals surface area contributed by atoms with Crippen LogP contribution in [0.3, 0.4) is 0 Å². The minimum absolute atomic E-state index is 0.235.